The molecular formula is C11H15ClF2N2. The second kappa shape index (κ2) is 5.46. The number of hydrogen-bond donors (Lipinski definition) is 1. The zero-order valence-corrected chi connectivity index (χ0v) is 10.0. The van der Waals surface area contributed by atoms with Crippen LogP contribution in [0.4, 0.5) is 14.5 Å². The average molecular weight is 249 g/mol. The summed E-state index contributed by atoms with van der Waals surface area (Å²) in [7, 11) is 1.58. The van der Waals surface area contributed by atoms with Gasteiger partial charge in [0.15, 0.2) is 0 Å². The van der Waals surface area contributed by atoms with E-state index in [2.05, 4.69) is 0 Å². The van der Waals surface area contributed by atoms with Gasteiger partial charge in [0, 0.05) is 13.1 Å². The zero-order valence-electron chi connectivity index (χ0n) is 9.25. The van der Waals surface area contributed by atoms with Crippen LogP contribution in [0.25, 0.3) is 0 Å². The van der Waals surface area contributed by atoms with E-state index in [0.717, 1.165) is 5.56 Å². The summed E-state index contributed by atoms with van der Waals surface area (Å²) in [5.41, 5.74) is 7.17. The number of anilines is 1. The third-order valence-electron chi connectivity index (χ3n) is 2.32. The van der Waals surface area contributed by atoms with Crippen molar-refractivity contribution < 1.29 is 8.78 Å². The van der Waals surface area contributed by atoms with Gasteiger partial charge in [-0.2, -0.15) is 0 Å². The Bertz CT molecular complexity index is 356. The fraction of sp³-hybridized carbons (Fsp3) is 0.455. The molecule has 0 saturated carbocycles. The number of nitrogens with two attached hydrogens (primary N) is 1. The van der Waals surface area contributed by atoms with E-state index in [9.17, 15) is 8.78 Å². The molecule has 0 aliphatic heterocycles. The van der Waals surface area contributed by atoms with Crippen LogP contribution in [0.1, 0.15) is 18.5 Å². The second-order valence-corrected chi connectivity index (χ2v) is 4.18. The number of rotatable bonds is 4. The van der Waals surface area contributed by atoms with E-state index in [-0.39, 0.29) is 12.6 Å². The lowest BCUT2D eigenvalue weighted by molar-refractivity contribution is 0.156. The lowest BCUT2D eigenvalue weighted by Gasteiger charge is -2.21. The Labute approximate surface area is 99.0 Å². The predicted molar refractivity (Wildman–Crippen MR) is 63.3 cm³/mol. The van der Waals surface area contributed by atoms with E-state index in [4.69, 9.17) is 17.3 Å². The Morgan fingerprint density at radius 1 is 1.44 bits per heavy atom. The van der Waals surface area contributed by atoms with Crippen LogP contribution in [0, 0.1) is 0 Å². The summed E-state index contributed by atoms with van der Waals surface area (Å²) in [5.74, 6) is 0. The molecule has 5 heteroatoms. The highest BCUT2D eigenvalue weighted by Gasteiger charge is 2.12. The topological polar surface area (TPSA) is 29.3 Å². The maximum absolute atomic E-state index is 12.2. The molecular weight excluding hydrogens is 234 g/mol. The van der Waals surface area contributed by atoms with Crippen LogP contribution in [0.15, 0.2) is 18.2 Å². The first kappa shape index (κ1) is 13.2. The minimum Gasteiger partial charge on any atom is -0.368 e. The van der Waals surface area contributed by atoms with Crippen molar-refractivity contribution in [1.29, 1.82) is 0 Å². The predicted octanol–water partition coefficient (Wildman–Crippen LogP) is 3.06. The molecule has 0 unspecified atom stereocenters. The van der Waals surface area contributed by atoms with Crippen LogP contribution < -0.4 is 10.6 Å². The van der Waals surface area contributed by atoms with Gasteiger partial charge < -0.3 is 10.6 Å². The summed E-state index contributed by atoms with van der Waals surface area (Å²) in [6.45, 7) is 1.51. The van der Waals surface area contributed by atoms with Crippen LogP contribution in [-0.2, 0) is 0 Å². The molecule has 0 amide bonds. The number of benzene rings is 1. The molecule has 1 atom stereocenters. The fourth-order valence-electron chi connectivity index (χ4n) is 1.42. The average Bonchev–Trinajstić information content (AvgIpc) is 2.15. The minimum atomic E-state index is -2.38. The van der Waals surface area contributed by atoms with Gasteiger partial charge in [0.2, 0.25) is 0 Å². The highest BCUT2D eigenvalue weighted by molar-refractivity contribution is 6.33. The van der Waals surface area contributed by atoms with Gasteiger partial charge in [-0.05, 0) is 24.6 Å². The summed E-state index contributed by atoms with van der Waals surface area (Å²) in [6, 6.07) is 5.10. The van der Waals surface area contributed by atoms with Crippen molar-refractivity contribution in [2.75, 3.05) is 18.5 Å². The number of alkyl halides is 2. The Balaban J connectivity index is 2.90. The lowest BCUT2D eigenvalue weighted by atomic mass is 10.1. The van der Waals surface area contributed by atoms with Crippen LogP contribution in [0.5, 0.6) is 0 Å². The van der Waals surface area contributed by atoms with Gasteiger partial charge in [0.05, 0.1) is 17.3 Å². The van der Waals surface area contributed by atoms with Crippen LogP contribution in [-0.4, -0.2) is 20.0 Å². The normalized spacial score (nSPS) is 12.9. The highest BCUT2D eigenvalue weighted by Crippen LogP contribution is 2.28. The van der Waals surface area contributed by atoms with Crippen molar-refractivity contribution in [3.63, 3.8) is 0 Å². The molecule has 0 aliphatic carbocycles. The lowest BCUT2D eigenvalue weighted by Crippen LogP contribution is -2.24. The molecule has 1 aromatic carbocycles. The molecule has 0 fully saturated rings. The Kier molecular flexibility index (Phi) is 4.50. The molecule has 1 aromatic rings. The van der Waals surface area contributed by atoms with Gasteiger partial charge in [-0.3, -0.25) is 0 Å². The maximum Gasteiger partial charge on any atom is 0.255 e. The molecule has 0 aromatic heterocycles. The van der Waals surface area contributed by atoms with Gasteiger partial charge in [0.25, 0.3) is 6.43 Å². The number of nitrogens with zero attached hydrogens (tertiary/aromatic N) is 1. The largest absolute Gasteiger partial charge is 0.368 e. The number of halogens is 3. The summed E-state index contributed by atoms with van der Waals surface area (Å²) >= 11 is 6.01. The van der Waals surface area contributed by atoms with Gasteiger partial charge in [0.1, 0.15) is 0 Å². The molecule has 0 radical (unpaired) electrons. The van der Waals surface area contributed by atoms with Crippen LogP contribution in [0.2, 0.25) is 5.02 Å². The van der Waals surface area contributed by atoms with Gasteiger partial charge in [-0.15, -0.1) is 0 Å². The molecule has 0 heterocycles. The van der Waals surface area contributed by atoms with Crippen molar-refractivity contribution >= 4 is 17.3 Å². The van der Waals surface area contributed by atoms with E-state index in [1.165, 1.54) is 4.90 Å². The molecule has 0 bridgehead atoms. The second-order valence-electron chi connectivity index (χ2n) is 3.77. The van der Waals surface area contributed by atoms with Crippen molar-refractivity contribution in [1.82, 2.24) is 0 Å². The van der Waals surface area contributed by atoms with Crippen LogP contribution in [0.3, 0.4) is 0 Å². The summed E-state index contributed by atoms with van der Waals surface area (Å²) in [4.78, 5) is 1.43. The van der Waals surface area contributed by atoms with E-state index in [1.54, 1.807) is 25.2 Å². The standard InChI is InChI=1S/C11H15ClF2N2/c1-7(15)8-3-4-10(9(12)5-8)16(2)6-11(13)14/h3-5,7,11H,6,15H2,1-2H3/t7-/m1/s1. The third-order valence-corrected chi connectivity index (χ3v) is 2.62. The molecule has 90 valence electrons. The maximum atomic E-state index is 12.2. The van der Waals surface area contributed by atoms with Gasteiger partial charge in [-0.25, -0.2) is 8.78 Å². The van der Waals surface area contributed by atoms with Gasteiger partial charge >= 0.3 is 0 Å². The van der Waals surface area contributed by atoms with Gasteiger partial charge in [-0.1, -0.05) is 17.7 Å². The summed E-state index contributed by atoms with van der Waals surface area (Å²) in [5, 5.41) is 0.443. The zero-order chi connectivity index (χ0) is 12.3. The molecule has 1 rings (SSSR count). The molecule has 2 nitrogen and oxygen atoms in total. The number of hydrogen-bond acceptors (Lipinski definition) is 2. The van der Waals surface area contributed by atoms with E-state index >= 15 is 0 Å². The first-order valence-corrected chi connectivity index (χ1v) is 5.34. The quantitative estimate of drug-likeness (QED) is 0.887. The van der Waals surface area contributed by atoms with Crippen LogP contribution >= 0.6 is 11.6 Å². The van der Waals surface area contributed by atoms with Crippen molar-refractivity contribution in [2.45, 2.75) is 19.4 Å². The van der Waals surface area contributed by atoms with Crippen molar-refractivity contribution in [2.24, 2.45) is 5.73 Å². The van der Waals surface area contributed by atoms with Crippen molar-refractivity contribution in [3.05, 3.63) is 28.8 Å². The highest BCUT2D eigenvalue weighted by atomic mass is 35.5. The summed E-state index contributed by atoms with van der Waals surface area (Å²) < 4.78 is 24.4. The van der Waals surface area contributed by atoms with E-state index in [1.807, 2.05) is 6.92 Å². The first-order chi connectivity index (χ1) is 7.41. The monoisotopic (exact) mass is 248 g/mol. The minimum absolute atomic E-state index is 0.119. The Morgan fingerprint density at radius 3 is 2.50 bits per heavy atom. The smallest absolute Gasteiger partial charge is 0.255 e. The first-order valence-electron chi connectivity index (χ1n) is 4.96. The molecule has 0 aliphatic rings. The molecule has 0 saturated heterocycles. The Hall–Kier alpha value is -0.870. The van der Waals surface area contributed by atoms with E-state index in [0.29, 0.717) is 10.7 Å². The molecule has 2 N–H and O–H groups in total. The Morgan fingerprint density at radius 2 is 2.06 bits per heavy atom. The van der Waals surface area contributed by atoms with Crippen molar-refractivity contribution in [3.8, 4) is 0 Å². The molecule has 0 spiro atoms. The van der Waals surface area contributed by atoms with E-state index < -0.39 is 6.43 Å². The SMILES string of the molecule is C[C@@H](N)c1ccc(N(C)CC(F)F)c(Cl)c1. The fourth-order valence-corrected chi connectivity index (χ4v) is 1.75. The third kappa shape index (κ3) is 3.32. The summed E-state index contributed by atoms with van der Waals surface area (Å²) in [6.07, 6.45) is -2.38. The molecule has 16 heavy (non-hydrogen) atoms.